The van der Waals surface area contributed by atoms with Crippen LogP contribution in [0.15, 0.2) is 54.7 Å². The summed E-state index contributed by atoms with van der Waals surface area (Å²) in [6, 6.07) is 13.0. The SMILES string of the molecule is CC#CC(=O)N1CCC(c2c[nH]n3c(C(N)=O)c(-c4ccc(Oc5ccccc5F)cc4)nc23)C1. The van der Waals surface area contributed by atoms with Crippen LogP contribution >= 0.6 is 0 Å². The number of primary amides is 1. The number of benzene rings is 2. The van der Waals surface area contributed by atoms with Crippen molar-refractivity contribution >= 4 is 17.5 Å². The summed E-state index contributed by atoms with van der Waals surface area (Å²) < 4.78 is 21.1. The van der Waals surface area contributed by atoms with Gasteiger partial charge >= 0.3 is 0 Å². The van der Waals surface area contributed by atoms with E-state index in [0.717, 1.165) is 12.0 Å². The second-order valence-corrected chi connectivity index (χ2v) is 8.23. The predicted octanol–water partition coefficient (Wildman–Crippen LogP) is 3.70. The highest BCUT2D eigenvalue weighted by atomic mass is 19.1. The number of hydrogen-bond donors (Lipinski definition) is 2. The summed E-state index contributed by atoms with van der Waals surface area (Å²) >= 11 is 0. The number of para-hydroxylation sites is 1. The molecular weight excluding hydrogens is 449 g/mol. The van der Waals surface area contributed by atoms with Gasteiger partial charge in [-0.3, -0.25) is 14.7 Å². The lowest BCUT2D eigenvalue weighted by molar-refractivity contribution is -0.124. The first kappa shape index (κ1) is 22.2. The number of H-pyrrole nitrogens is 1. The number of ether oxygens (including phenoxy) is 1. The lowest BCUT2D eigenvalue weighted by Gasteiger charge is -2.12. The summed E-state index contributed by atoms with van der Waals surface area (Å²) in [7, 11) is 0. The molecule has 4 aromatic rings. The highest BCUT2D eigenvalue weighted by Crippen LogP contribution is 2.34. The zero-order valence-corrected chi connectivity index (χ0v) is 18.9. The summed E-state index contributed by atoms with van der Waals surface area (Å²) in [4.78, 5) is 31.0. The molecule has 1 saturated heterocycles. The van der Waals surface area contributed by atoms with Gasteiger partial charge in [-0.05, 0) is 55.7 Å². The molecule has 9 heteroatoms. The van der Waals surface area contributed by atoms with Gasteiger partial charge in [0.15, 0.2) is 22.9 Å². The van der Waals surface area contributed by atoms with E-state index in [9.17, 15) is 14.0 Å². The van der Waals surface area contributed by atoms with Crippen molar-refractivity contribution in [3.63, 3.8) is 0 Å². The van der Waals surface area contributed by atoms with Gasteiger partial charge in [0.1, 0.15) is 11.4 Å². The Morgan fingerprint density at radius 3 is 2.69 bits per heavy atom. The van der Waals surface area contributed by atoms with Gasteiger partial charge in [-0.1, -0.05) is 18.1 Å². The van der Waals surface area contributed by atoms with Crippen molar-refractivity contribution in [3.8, 4) is 34.6 Å². The number of carbonyl (C=O) groups is 2. The normalized spacial score (nSPS) is 15.1. The lowest BCUT2D eigenvalue weighted by Crippen LogP contribution is -2.26. The van der Waals surface area contributed by atoms with Gasteiger partial charge in [-0.15, -0.1) is 0 Å². The number of hydrogen-bond acceptors (Lipinski definition) is 4. The van der Waals surface area contributed by atoms with Crippen LogP contribution in [0.1, 0.15) is 35.3 Å². The van der Waals surface area contributed by atoms with Crippen LogP contribution in [0, 0.1) is 17.7 Å². The van der Waals surface area contributed by atoms with Crippen molar-refractivity contribution in [1.29, 1.82) is 0 Å². The van der Waals surface area contributed by atoms with Gasteiger partial charge in [0.25, 0.3) is 11.8 Å². The Hall–Kier alpha value is -4.58. The summed E-state index contributed by atoms with van der Waals surface area (Å²) in [6.07, 6.45) is 2.56. The predicted molar refractivity (Wildman–Crippen MR) is 127 cm³/mol. The minimum absolute atomic E-state index is 0.0545. The van der Waals surface area contributed by atoms with E-state index in [2.05, 4.69) is 16.9 Å². The monoisotopic (exact) mass is 471 g/mol. The standard InChI is InChI=1S/C26H22FN5O3/c1-2-5-22(33)31-13-12-17(15-31)19-14-29-32-24(25(28)34)23(30-26(19)32)16-8-10-18(11-9-16)35-21-7-4-3-6-20(21)27/h3-4,6-11,14,17,29H,12-13,15H2,1H3,(H2,28,34). The third-order valence-electron chi connectivity index (χ3n) is 6.06. The van der Waals surface area contributed by atoms with Crippen LogP contribution in [0.2, 0.25) is 0 Å². The van der Waals surface area contributed by atoms with Gasteiger partial charge < -0.3 is 15.4 Å². The number of carbonyl (C=O) groups excluding carboxylic acids is 2. The van der Waals surface area contributed by atoms with Crippen LogP contribution in [0.4, 0.5) is 4.39 Å². The molecule has 0 spiro atoms. The topological polar surface area (TPSA) is 106 Å². The van der Waals surface area contributed by atoms with E-state index in [0.29, 0.717) is 35.7 Å². The first-order chi connectivity index (χ1) is 17.0. The van der Waals surface area contributed by atoms with Gasteiger partial charge in [0, 0.05) is 36.3 Å². The maximum atomic E-state index is 13.9. The fourth-order valence-corrected chi connectivity index (χ4v) is 4.39. The molecule has 1 aliphatic rings. The van der Waals surface area contributed by atoms with E-state index < -0.39 is 11.7 Å². The molecular formula is C26H22FN5O3. The third kappa shape index (κ3) is 4.10. The van der Waals surface area contributed by atoms with Crippen LogP contribution in [0.3, 0.4) is 0 Å². The van der Waals surface area contributed by atoms with Crippen molar-refractivity contribution in [1.82, 2.24) is 19.5 Å². The molecule has 176 valence electrons. The van der Waals surface area contributed by atoms with Gasteiger partial charge in [0.2, 0.25) is 0 Å². The highest BCUT2D eigenvalue weighted by Gasteiger charge is 2.31. The third-order valence-corrected chi connectivity index (χ3v) is 6.06. The summed E-state index contributed by atoms with van der Waals surface area (Å²) in [6.45, 7) is 2.77. The first-order valence-electron chi connectivity index (χ1n) is 11.1. The van der Waals surface area contributed by atoms with Crippen LogP contribution in [-0.2, 0) is 4.79 Å². The van der Waals surface area contributed by atoms with Gasteiger partial charge in [-0.25, -0.2) is 13.9 Å². The Morgan fingerprint density at radius 1 is 1.20 bits per heavy atom. The number of amides is 2. The zero-order chi connectivity index (χ0) is 24.5. The van der Waals surface area contributed by atoms with Crippen LogP contribution < -0.4 is 10.5 Å². The number of nitrogens with two attached hydrogens (primary N) is 1. The van der Waals surface area contributed by atoms with E-state index >= 15 is 0 Å². The fraction of sp³-hybridized carbons (Fsp3) is 0.192. The number of aromatic nitrogens is 3. The molecule has 0 bridgehead atoms. The molecule has 3 heterocycles. The molecule has 1 unspecified atom stereocenters. The fourth-order valence-electron chi connectivity index (χ4n) is 4.39. The molecule has 0 aliphatic carbocycles. The van der Waals surface area contributed by atoms with E-state index in [1.807, 2.05) is 0 Å². The van der Waals surface area contributed by atoms with Crippen LogP contribution in [0.5, 0.6) is 11.5 Å². The first-order valence-corrected chi connectivity index (χ1v) is 11.1. The minimum atomic E-state index is -0.631. The molecule has 1 atom stereocenters. The quantitative estimate of drug-likeness (QED) is 0.433. The van der Waals surface area contributed by atoms with Crippen molar-refractivity contribution in [2.45, 2.75) is 19.3 Å². The zero-order valence-electron chi connectivity index (χ0n) is 18.9. The highest BCUT2D eigenvalue weighted by molar-refractivity contribution is 5.98. The molecule has 0 radical (unpaired) electrons. The van der Waals surface area contributed by atoms with Crippen molar-refractivity contribution in [2.24, 2.45) is 5.73 Å². The lowest BCUT2D eigenvalue weighted by atomic mass is 10.0. The van der Waals surface area contributed by atoms with E-state index in [1.165, 1.54) is 6.07 Å². The van der Waals surface area contributed by atoms with Crippen molar-refractivity contribution in [2.75, 3.05) is 13.1 Å². The maximum absolute atomic E-state index is 13.9. The number of imidazole rings is 1. The molecule has 1 fully saturated rings. The number of likely N-dealkylation sites (tertiary alicyclic amines) is 1. The van der Waals surface area contributed by atoms with Gasteiger partial charge in [0.05, 0.1) is 0 Å². The average molecular weight is 471 g/mol. The largest absolute Gasteiger partial charge is 0.454 e. The Balaban J connectivity index is 1.46. The van der Waals surface area contributed by atoms with E-state index in [-0.39, 0.29) is 23.3 Å². The molecule has 2 aromatic heterocycles. The second kappa shape index (κ2) is 8.99. The molecule has 1 aliphatic heterocycles. The Kier molecular flexibility index (Phi) is 5.71. The summed E-state index contributed by atoms with van der Waals surface area (Å²) in [5.74, 6) is 4.55. The summed E-state index contributed by atoms with van der Waals surface area (Å²) in [5.41, 5.74) is 8.50. The van der Waals surface area contributed by atoms with Crippen LogP contribution in [-0.4, -0.2) is 44.4 Å². The number of nitrogens with one attached hydrogen (secondary N) is 1. The second-order valence-electron chi connectivity index (χ2n) is 8.23. The smallest absolute Gasteiger partial charge is 0.298 e. The van der Waals surface area contributed by atoms with Crippen LogP contribution in [0.25, 0.3) is 16.9 Å². The van der Waals surface area contributed by atoms with Crippen molar-refractivity contribution < 1.29 is 18.7 Å². The molecule has 0 saturated carbocycles. The maximum Gasteiger partial charge on any atom is 0.298 e. The number of nitrogens with zero attached hydrogens (tertiary/aromatic N) is 3. The van der Waals surface area contributed by atoms with Gasteiger partial charge in [-0.2, -0.15) is 0 Å². The summed E-state index contributed by atoms with van der Waals surface area (Å²) in [5, 5.41) is 3.08. The molecule has 2 aromatic carbocycles. The molecule has 2 amide bonds. The molecule has 3 N–H and O–H groups in total. The number of halogens is 1. The van der Waals surface area contributed by atoms with E-state index in [1.54, 1.807) is 65.0 Å². The Bertz CT molecular complexity index is 1490. The number of aromatic amines is 1. The minimum Gasteiger partial charge on any atom is -0.454 e. The molecule has 35 heavy (non-hydrogen) atoms. The Labute approximate surface area is 200 Å². The average Bonchev–Trinajstić information content (AvgIpc) is 3.56. The van der Waals surface area contributed by atoms with E-state index in [4.69, 9.17) is 15.5 Å². The number of rotatable bonds is 5. The Morgan fingerprint density at radius 2 is 1.97 bits per heavy atom. The molecule has 5 rings (SSSR count). The van der Waals surface area contributed by atoms with Crippen molar-refractivity contribution in [3.05, 3.63) is 71.8 Å². The molecule has 8 nitrogen and oxygen atoms in total. The number of fused-ring (bicyclic) bond motifs is 1.